The summed E-state index contributed by atoms with van der Waals surface area (Å²) in [6, 6.07) is 2.05. The first kappa shape index (κ1) is 11.4. The van der Waals surface area contributed by atoms with Gasteiger partial charge >= 0.3 is 5.97 Å². The molecule has 0 aliphatic rings. The highest BCUT2D eigenvalue weighted by molar-refractivity contribution is 5.68. The third-order valence-corrected chi connectivity index (χ3v) is 2.11. The van der Waals surface area contributed by atoms with Gasteiger partial charge in [-0.05, 0) is 12.0 Å². The minimum absolute atomic E-state index is 0.0938. The monoisotopic (exact) mass is 216 g/mol. The van der Waals surface area contributed by atoms with E-state index in [4.69, 9.17) is 5.11 Å². The number of aromatic hydroxyl groups is 1. The van der Waals surface area contributed by atoms with Crippen molar-refractivity contribution in [2.24, 2.45) is 0 Å². The molecule has 5 heteroatoms. The van der Waals surface area contributed by atoms with E-state index < -0.39 is 29.3 Å². The van der Waals surface area contributed by atoms with Crippen molar-refractivity contribution in [1.82, 2.24) is 0 Å². The summed E-state index contributed by atoms with van der Waals surface area (Å²) in [4.78, 5) is 10.4. The van der Waals surface area contributed by atoms with Crippen LogP contribution in [-0.2, 0) is 4.79 Å². The predicted octanol–water partition coefficient (Wildman–Crippen LogP) is 2.25. The van der Waals surface area contributed by atoms with Crippen LogP contribution in [0.4, 0.5) is 8.78 Å². The number of carboxylic acid groups (broad SMARTS) is 1. The van der Waals surface area contributed by atoms with Gasteiger partial charge < -0.3 is 10.2 Å². The molecule has 0 saturated heterocycles. The molecule has 0 aliphatic heterocycles. The first-order valence-corrected chi connectivity index (χ1v) is 4.32. The fourth-order valence-corrected chi connectivity index (χ4v) is 1.32. The second kappa shape index (κ2) is 4.25. The van der Waals surface area contributed by atoms with Gasteiger partial charge in [-0.3, -0.25) is 4.79 Å². The Morgan fingerprint density at radius 3 is 2.60 bits per heavy atom. The Labute approximate surface area is 85.0 Å². The Morgan fingerprint density at radius 2 is 2.07 bits per heavy atom. The van der Waals surface area contributed by atoms with Crippen molar-refractivity contribution in [2.75, 3.05) is 0 Å². The van der Waals surface area contributed by atoms with Gasteiger partial charge in [-0.15, -0.1) is 0 Å². The molecular weight excluding hydrogens is 206 g/mol. The number of phenolic OH excluding ortho intramolecular Hbond substituents is 1. The quantitative estimate of drug-likeness (QED) is 0.814. The van der Waals surface area contributed by atoms with Gasteiger partial charge in [0, 0.05) is 5.56 Å². The molecule has 15 heavy (non-hydrogen) atoms. The van der Waals surface area contributed by atoms with Crippen molar-refractivity contribution in [1.29, 1.82) is 0 Å². The molecule has 1 atom stereocenters. The van der Waals surface area contributed by atoms with Crippen molar-refractivity contribution >= 4 is 5.97 Å². The van der Waals surface area contributed by atoms with Gasteiger partial charge in [0.1, 0.15) is 0 Å². The molecule has 0 spiro atoms. The average Bonchev–Trinajstić information content (AvgIpc) is 2.13. The SMILES string of the molecule is CC(CC(=O)O)c1ccc(F)c(F)c1O. The van der Waals surface area contributed by atoms with Gasteiger partial charge in [-0.1, -0.05) is 13.0 Å². The molecule has 0 bridgehead atoms. The highest BCUT2D eigenvalue weighted by Gasteiger charge is 2.18. The fraction of sp³-hybridized carbons (Fsp3) is 0.300. The molecule has 1 rings (SSSR count). The van der Waals surface area contributed by atoms with Crippen LogP contribution in [0.3, 0.4) is 0 Å². The Kier molecular flexibility index (Phi) is 3.24. The molecule has 0 amide bonds. The standard InChI is InChI=1S/C10H10F2O3/c1-5(4-8(13)14)6-2-3-7(11)9(12)10(6)15/h2-3,5,15H,4H2,1H3,(H,13,14). The van der Waals surface area contributed by atoms with Crippen LogP contribution >= 0.6 is 0 Å². The van der Waals surface area contributed by atoms with Crippen LogP contribution in [0.25, 0.3) is 0 Å². The number of benzene rings is 1. The lowest BCUT2D eigenvalue weighted by atomic mass is 9.96. The summed E-state index contributed by atoms with van der Waals surface area (Å²) in [5, 5.41) is 17.8. The number of carboxylic acids is 1. The number of phenols is 1. The number of hydrogen-bond acceptors (Lipinski definition) is 2. The summed E-state index contributed by atoms with van der Waals surface area (Å²) in [5.74, 6) is -4.95. The Bertz CT molecular complexity index is 390. The lowest BCUT2D eigenvalue weighted by Gasteiger charge is -2.11. The third kappa shape index (κ3) is 2.43. The third-order valence-electron chi connectivity index (χ3n) is 2.11. The van der Waals surface area contributed by atoms with Gasteiger partial charge in [0.25, 0.3) is 0 Å². The zero-order chi connectivity index (χ0) is 11.6. The minimum Gasteiger partial charge on any atom is -0.505 e. The van der Waals surface area contributed by atoms with Crippen molar-refractivity contribution in [2.45, 2.75) is 19.3 Å². The molecular formula is C10H10F2O3. The van der Waals surface area contributed by atoms with Gasteiger partial charge in [0.05, 0.1) is 6.42 Å². The molecule has 1 aromatic carbocycles. The minimum atomic E-state index is -1.34. The second-order valence-corrected chi connectivity index (χ2v) is 3.30. The Hall–Kier alpha value is -1.65. The number of halogens is 2. The highest BCUT2D eigenvalue weighted by Crippen LogP contribution is 2.31. The number of carbonyl (C=O) groups is 1. The van der Waals surface area contributed by atoms with E-state index in [2.05, 4.69) is 0 Å². The first-order chi connectivity index (χ1) is 6.93. The summed E-state index contributed by atoms with van der Waals surface area (Å²) in [5.41, 5.74) is 0.0938. The molecule has 1 unspecified atom stereocenters. The maximum absolute atomic E-state index is 12.9. The van der Waals surface area contributed by atoms with Crippen LogP contribution in [-0.4, -0.2) is 16.2 Å². The normalized spacial score (nSPS) is 12.5. The maximum atomic E-state index is 12.9. The van der Waals surface area contributed by atoms with Crippen molar-refractivity contribution in [3.05, 3.63) is 29.3 Å². The maximum Gasteiger partial charge on any atom is 0.303 e. The van der Waals surface area contributed by atoms with E-state index >= 15 is 0 Å². The fourth-order valence-electron chi connectivity index (χ4n) is 1.32. The lowest BCUT2D eigenvalue weighted by molar-refractivity contribution is -0.137. The summed E-state index contributed by atoms with van der Waals surface area (Å²) >= 11 is 0. The van der Waals surface area contributed by atoms with Crippen LogP contribution in [0, 0.1) is 11.6 Å². The van der Waals surface area contributed by atoms with Crippen LogP contribution < -0.4 is 0 Å². The van der Waals surface area contributed by atoms with Crippen LogP contribution in [0.2, 0.25) is 0 Å². The van der Waals surface area contributed by atoms with E-state index in [1.54, 1.807) is 0 Å². The molecule has 0 saturated carbocycles. The second-order valence-electron chi connectivity index (χ2n) is 3.30. The van der Waals surface area contributed by atoms with E-state index in [9.17, 15) is 18.7 Å². The lowest BCUT2D eigenvalue weighted by Crippen LogP contribution is -2.04. The summed E-state index contributed by atoms with van der Waals surface area (Å²) in [6.45, 7) is 1.51. The van der Waals surface area contributed by atoms with E-state index in [1.165, 1.54) is 13.0 Å². The summed E-state index contributed by atoms with van der Waals surface area (Å²) in [7, 11) is 0. The molecule has 3 nitrogen and oxygen atoms in total. The van der Waals surface area contributed by atoms with Crippen molar-refractivity contribution < 1.29 is 23.8 Å². The van der Waals surface area contributed by atoms with Crippen LogP contribution in [0.15, 0.2) is 12.1 Å². The van der Waals surface area contributed by atoms with E-state index in [-0.39, 0.29) is 12.0 Å². The zero-order valence-corrected chi connectivity index (χ0v) is 8.00. The van der Waals surface area contributed by atoms with Crippen LogP contribution in [0.1, 0.15) is 24.8 Å². The highest BCUT2D eigenvalue weighted by atomic mass is 19.2. The molecule has 1 aromatic rings. The van der Waals surface area contributed by atoms with Crippen molar-refractivity contribution in [3.63, 3.8) is 0 Å². The first-order valence-electron chi connectivity index (χ1n) is 4.32. The average molecular weight is 216 g/mol. The van der Waals surface area contributed by atoms with Gasteiger partial charge in [0.15, 0.2) is 11.6 Å². The topological polar surface area (TPSA) is 57.5 Å². The molecule has 0 aliphatic carbocycles. The van der Waals surface area contributed by atoms with Crippen molar-refractivity contribution in [3.8, 4) is 5.75 Å². The van der Waals surface area contributed by atoms with Gasteiger partial charge in [0.2, 0.25) is 5.82 Å². The molecule has 0 heterocycles. The van der Waals surface area contributed by atoms with E-state index in [0.717, 1.165) is 6.07 Å². The van der Waals surface area contributed by atoms with Gasteiger partial charge in [-0.2, -0.15) is 4.39 Å². The molecule has 0 aromatic heterocycles. The molecule has 0 radical (unpaired) electrons. The largest absolute Gasteiger partial charge is 0.505 e. The van der Waals surface area contributed by atoms with Crippen LogP contribution in [0.5, 0.6) is 5.75 Å². The predicted molar refractivity (Wildman–Crippen MR) is 48.7 cm³/mol. The number of rotatable bonds is 3. The van der Waals surface area contributed by atoms with E-state index in [0.29, 0.717) is 0 Å². The van der Waals surface area contributed by atoms with E-state index in [1.807, 2.05) is 0 Å². The Morgan fingerprint density at radius 1 is 1.47 bits per heavy atom. The molecule has 2 N–H and O–H groups in total. The summed E-state index contributed by atoms with van der Waals surface area (Å²) < 4.78 is 25.6. The van der Waals surface area contributed by atoms with Gasteiger partial charge in [-0.25, -0.2) is 4.39 Å². The Balaban J connectivity index is 3.05. The zero-order valence-electron chi connectivity index (χ0n) is 8.00. The molecule has 0 fully saturated rings. The number of aliphatic carboxylic acids is 1. The molecule has 82 valence electrons. The smallest absolute Gasteiger partial charge is 0.303 e. The summed E-state index contributed by atoms with van der Waals surface area (Å²) in [6.07, 6.45) is -0.251. The number of hydrogen-bond donors (Lipinski definition) is 2.